The summed E-state index contributed by atoms with van der Waals surface area (Å²) in [4.78, 5) is 27.4. The van der Waals surface area contributed by atoms with E-state index in [1.165, 1.54) is 0 Å². The molecule has 1 saturated heterocycles. The average Bonchev–Trinajstić information content (AvgIpc) is 3.32. The summed E-state index contributed by atoms with van der Waals surface area (Å²) >= 11 is 0. The van der Waals surface area contributed by atoms with Crippen molar-refractivity contribution in [2.75, 3.05) is 44.7 Å². The smallest absolute Gasteiger partial charge is 0.236 e. The van der Waals surface area contributed by atoms with Gasteiger partial charge in [-0.3, -0.25) is 14.4 Å². The lowest BCUT2D eigenvalue weighted by Crippen LogP contribution is -2.51. The van der Waals surface area contributed by atoms with Gasteiger partial charge in [0.05, 0.1) is 30.9 Å². The fraction of sp³-hybridized carbons (Fsp3) is 0.444. The third-order valence-electron chi connectivity index (χ3n) is 4.85. The molecule has 0 unspecified atom stereocenters. The van der Waals surface area contributed by atoms with E-state index in [1.807, 2.05) is 36.0 Å². The Morgan fingerprint density at radius 3 is 2.81 bits per heavy atom. The summed E-state index contributed by atoms with van der Waals surface area (Å²) in [5.74, 6) is 1.88. The lowest BCUT2D eigenvalue weighted by atomic mass is 10.2. The van der Waals surface area contributed by atoms with Gasteiger partial charge in [-0.1, -0.05) is 0 Å². The van der Waals surface area contributed by atoms with Gasteiger partial charge in [0.25, 0.3) is 0 Å². The van der Waals surface area contributed by atoms with Gasteiger partial charge in [-0.25, -0.2) is 9.97 Å². The van der Waals surface area contributed by atoms with E-state index in [2.05, 4.69) is 20.0 Å². The summed E-state index contributed by atoms with van der Waals surface area (Å²) in [5, 5.41) is 5.21. The largest absolute Gasteiger partial charge is 0.468 e. The van der Waals surface area contributed by atoms with Crippen LogP contribution < -0.4 is 4.90 Å². The van der Waals surface area contributed by atoms with E-state index >= 15 is 0 Å². The second-order valence-electron chi connectivity index (χ2n) is 6.82. The van der Waals surface area contributed by atoms with Crippen LogP contribution in [0.15, 0.2) is 35.3 Å². The van der Waals surface area contributed by atoms with Gasteiger partial charge >= 0.3 is 0 Å². The van der Waals surface area contributed by atoms with Crippen LogP contribution in [0.25, 0.3) is 11.0 Å². The first-order valence-corrected chi connectivity index (χ1v) is 8.98. The minimum Gasteiger partial charge on any atom is -0.468 e. The molecule has 1 aliphatic rings. The third-order valence-corrected chi connectivity index (χ3v) is 4.85. The Bertz CT molecular complexity index is 913. The quantitative estimate of drug-likeness (QED) is 0.656. The number of rotatable bonds is 5. The number of furan rings is 1. The molecular formula is C18H23N7O2. The van der Waals surface area contributed by atoms with Crippen LogP contribution in [0.3, 0.4) is 0 Å². The van der Waals surface area contributed by atoms with Gasteiger partial charge in [0, 0.05) is 33.2 Å². The normalized spacial score (nSPS) is 15.1. The number of carbonyl (C=O) groups is 1. The first kappa shape index (κ1) is 17.5. The number of anilines is 1. The van der Waals surface area contributed by atoms with Crippen molar-refractivity contribution in [3.05, 3.63) is 36.7 Å². The molecule has 3 aromatic rings. The Labute approximate surface area is 157 Å². The van der Waals surface area contributed by atoms with Crippen molar-refractivity contribution in [3.8, 4) is 0 Å². The molecule has 0 bridgehead atoms. The van der Waals surface area contributed by atoms with Crippen molar-refractivity contribution in [3.63, 3.8) is 0 Å². The Morgan fingerprint density at radius 2 is 2.07 bits per heavy atom. The van der Waals surface area contributed by atoms with Crippen LogP contribution in [0.4, 0.5) is 5.82 Å². The van der Waals surface area contributed by atoms with Gasteiger partial charge in [0.15, 0.2) is 5.65 Å². The average molecular weight is 369 g/mol. The maximum absolute atomic E-state index is 12.6. The predicted molar refractivity (Wildman–Crippen MR) is 100 cm³/mol. The molecule has 1 fully saturated rings. The van der Waals surface area contributed by atoms with Gasteiger partial charge in [-0.15, -0.1) is 0 Å². The predicted octanol–water partition coefficient (Wildman–Crippen LogP) is 0.737. The van der Waals surface area contributed by atoms with Crippen LogP contribution in [0.2, 0.25) is 0 Å². The lowest BCUT2D eigenvalue weighted by Gasteiger charge is -2.36. The fourth-order valence-corrected chi connectivity index (χ4v) is 3.42. The molecule has 0 N–H and O–H groups in total. The zero-order valence-corrected chi connectivity index (χ0v) is 15.6. The molecule has 0 aromatic carbocycles. The Hall–Kier alpha value is -2.94. The van der Waals surface area contributed by atoms with Crippen LogP contribution in [-0.2, 0) is 18.4 Å². The molecule has 4 heterocycles. The van der Waals surface area contributed by atoms with E-state index in [-0.39, 0.29) is 5.91 Å². The van der Waals surface area contributed by atoms with E-state index in [0.717, 1.165) is 35.7 Å². The number of hydrogen-bond acceptors (Lipinski definition) is 7. The molecule has 0 spiro atoms. The van der Waals surface area contributed by atoms with E-state index in [9.17, 15) is 4.79 Å². The van der Waals surface area contributed by atoms with Crippen molar-refractivity contribution in [1.29, 1.82) is 0 Å². The number of hydrogen-bond donors (Lipinski definition) is 0. The molecule has 0 atom stereocenters. The molecule has 0 saturated carbocycles. The van der Waals surface area contributed by atoms with Crippen molar-refractivity contribution in [2.45, 2.75) is 6.54 Å². The minimum absolute atomic E-state index is 0.137. The van der Waals surface area contributed by atoms with Gasteiger partial charge in [0.1, 0.15) is 17.9 Å². The van der Waals surface area contributed by atoms with E-state index in [4.69, 9.17) is 4.42 Å². The van der Waals surface area contributed by atoms with Gasteiger partial charge in [0.2, 0.25) is 5.91 Å². The summed E-state index contributed by atoms with van der Waals surface area (Å²) in [5.41, 5.74) is 0.818. The molecule has 1 amide bonds. The van der Waals surface area contributed by atoms with Crippen molar-refractivity contribution in [2.24, 2.45) is 7.05 Å². The zero-order valence-electron chi connectivity index (χ0n) is 15.6. The van der Waals surface area contributed by atoms with Crippen LogP contribution in [-0.4, -0.2) is 75.2 Å². The highest BCUT2D eigenvalue weighted by Gasteiger charge is 2.24. The minimum atomic E-state index is 0.137. The monoisotopic (exact) mass is 369 g/mol. The second-order valence-corrected chi connectivity index (χ2v) is 6.82. The standard InChI is InChI=1S/C18H23N7O2/c1-22(11-14-4-3-9-27-14)12-16(26)24-5-7-25(8-6-24)18-15-10-21-23(2)17(15)19-13-20-18/h3-4,9-10,13H,5-8,11-12H2,1-2H3. The fourth-order valence-electron chi connectivity index (χ4n) is 3.42. The molecule has 27 heavy (non-hydrogen) atoms. The molecule has 9 nitrogen and oxygen atoms in total. The van der Waals surface area contributed by atoms with Gasteiger partial charge in [-0.2, -0.15) is 5.10 Å². The highest BCUT2D eigenvalue weighted by molar-refractivity contribution is 5.86. The highest BCUT2D eigenvalue weighted by atomic mass is 16.3. The summed E-state index contributed by atoms with van der Waals surface area (Å²) in [7, 11) is 3.80. The van der Waals surface area contributed by atoms with Crippen LogP contribution in [0, 0.1) is 0 Å². The van der Waals surface area contributed by atoms with Crippen LogP contribution in [0.5, 0.6) is 0 Å². The maximum Gasteiger partial charge on any atom is 0.236 e. The first-order chi connectivity index (χ1) is 13.1. The lowest BCUT2D eigenvalue weighted by molar-refractivity contribution is -0.132. The number of fused-ring (bicyclic) bond motifs is 1. The number of amides is 1. The van der Waals surface area contributed by atoms with Gasteiger partial charge < -0.3 is 14.2 Å². The molecule has 1 aliphatic heterocycles. The number of aromatic nitrogens is 4. The molecule has 9 heteroatoms. The van der Waals surface area contributed by atoms with E-state index < -0.39 is 0 Å². The molecule has 3 aromatic heterocycles. The summed E-state index contributed by atoms with van der Waals surface area (Å²) in [6.07, 6.45) is 5.02. The molecule has 0 radical (unpaired) electrons. The maximum atomic E-state index is 12.6. The number of carbonyl (C=O) groups excluding carboxylic acids is 1. The topological polar surface area (TPSA) is 83.5 Å². The van der Waals surface area contributed by atoms with E-state index in [1.54, 1.807) is 23.5 Å². The third kappa shape index (κ3) is 3.63. The Morgan fingerprint density at radius 1 is 1.26 bits per heavy atom. The van der Waals surface area contributed by atoms with E-state index in [0.29, 0.717) is 26.2 Å². The Balaban J connectivity index is 1.35. The molecule has 142 valence electrons. The van der Waals surface area contributed by atoms with Crippen LogP contribution in [0.1, 0.15) is 5.76 Å². The second kappa shape index (κ2) is 7.36. The summed E-state index contributed by atoms with van der Waals surface area (Å²) < 4.78 is 7.08. The molecular weight excluding hydrogens is 346 g/mol. The number of nitrogens with zero attached hydrogens (tertiary/aromatic N) is 7. The highest BCUT2D eigenvalue weighted by Crippen LogP contribution is 2.23. The summed E-state index contributed by atoms with van der Waals surface area (Å²) in [6, 6.07) is 3.78. The number of aryl methyl sites for hydroxylation is 1. The van der Waals surface area contributed by atoms with Crippen molar-refractivity contribution >= 4 is 22.8 Å². The summed E-state index contributed by atoms with van der Waals surface area (Å²) in [6.45, 7) is 3.85. The van der Waals surface area contributed by atoms with Crippen molar-refractivity contribution in [1.82, 2.24) is 29.5 Å². The van der Waals surface area contributed by atoms with Gasteiger partial charge in [-0.05, 0) is 19.2 Å². The number of likely N-dealkylation sites (N-methyl/N-ethyl adjacent to an activating group) is 1. The molecule has 0 aliphatic carbocycles. The molecule has 4 rings (SSSR count). The Kier molecular flexibility index (Phi) is 4.76. The first-order valence-electron chi connectivity index (χ1n) is 8.98. The van der Waals surface area contributed by atoms with Crippen molar-refractivity contribution < 1.29 is 9.21 Å². The van der Waals surface area contributed by atoms with Crippen LogP contribution >= 0.6 is 0 Å². The zero-order chi connectivity index (χ0) is 18.8. The number of piperazine rings is 1. The SMILES string of the molecule is CN(CC(=O)N1CCN(c2ncnc3c2cnn3C)CC1)Cc1ccco1.